The lowest BCUT2D eigenvalue weighted by molar-refractivity contribution is 0.0995. The third-order valence-corrected chi connectivity index (χ3v) is 3.14. The quantitative estimate of drug-likeness (QED) is 0.831. The first kappa shape index (κ1) is 12.7. The summed E-state index contributed by atoms with van der Waals surface area (Å²) in [6, 6.07) is 11.0. The third kappa shape index (κ3) is 2.94. The third-order valence-electron chi connectivity index (χ3n) is 2.41. The van der Waals surface area contributed by atoms with Crippen molar-refractivity contribution in [1.82, 2.24) is 0 Å². The molecule has 0 fully saturated rings. The lowest BCUT2D eigenvalue weighted by atomic mass is 10.3. The second-order valence-corrected chi connectivity index (χ2v) is 4.54. The summed E-state index contributed by atoms with van der Waals surface area (Å²) >= 11 is 1.62. The van der Waals surface area contributed by atoms with E-state index in [4.69, 9.17) is 10.2 Å². The lowest BCUT2D eigenvalue weighted by Gasteiger charge is -2.04. The van der Waals surface area contributed by atoms with Gasteiger partial charge in [-0.1, -0.05) is 6.07 Å². The molecule has 2 aromatic rings. The van der Waals surface area contributed by atoms with Gasteiger partial charge in [-0.15, -0.1) is 11.8 Å². The summed E-state index contributed by atoms with van der Waals surface area (Å²) in [5, 5.41) is 2.78. The van der Waals surface area contributed by atoms with Crippen molar-refractivity contribution in [2.24, 2.45) is 5.73 Å². The average Bonchev–Trinajstić information content (AvgIpc) is 2.88. The molecule has 18 heavy (non-hydrogen) atoms. The number of furan rings is 1. The maximum atomic E-state index is 11.9. The number of hydrogen-bond acceptors (Lipinski definition) is 4. The van der Waals surface area contributed by atoms with Crippen LogP contribution in [0.1, 0.15) is 16.3 Å². The molecule has 94 valence electrons. The van der Waals surface area contributed by atoms with Gasteiger partial charge in [-0.05, 0) is 36.6 Å². The van der Waals surface area contributed by atoms with Crippen molar-refractivity contribution < 1.29 is 9.21 Å². The highest BCUT2D eigenvalue weighted by Gasteiger charge is 2.10. The van der Waals surface area contributed by atoms with Gasteiger partial charge in [0, 0.05) is 10.6 Å². The van der Waals surface area contributed by atoms with E-state index in [9.17, 15) is 4.79 Å². The Hall–Kier alpha value is -1.72. The van der Waals surface area contributed by atoms with Crippen LogP contribution >= 0.6 is 11.8 Å². The summed E-state index contributed by atoms with van der Waals surface area (Å²) in [6.07, 6.45) is 1.99. The molecule has 1 aromatic carbocycles. The molecule has 0 atom stereocenters. The molecule has 2 rings (SSSR count). The maximum Gasteiger partial charge on any atom is 0.291 e. The minimum absolute atomic E-state index is 0.269. The molecular formula is C13H14N2O2S. The molecule has 1 amide bonds. The molecule has 0 spiro atoms. The molecule has 0 aliphatic carbocycles. The molecule has 0 saturated heterocycles. The van der Waals surface area contributed by atoms with Crippen LogP contribution in [-0.4, -0.2) is 12.2 Å². The van der Waals surface area contributed by atoms with Crippen LogP contribution < -0.4 is 11.1 Å². The SMILES string of the molecule is CSc1cccc(NC(=O)c2ccc(CN)o2)c1. The summed E-state index contributed by atoms with van der Waals surface area (Å²) < 4.78 is 5.28. The van der Waals surface area contributed by atoms with Crippen molar-refractivity contribution in [2.75, 3.05) is 11.6 Å². The van der Waals surface area contributed by atoms with Crippen molar-refractivity contribution in [3.8, 4) is 0 Å². The predicted octanol–water partition coefficient (Wildman–Crippen LogP) is 2.71. The molecule has 4 nitrogen and oxygen atoms in total. The Balaban J connectivity index is 2.10. The zero-order valence-electron chi connectivity index (χ0n) is 9.97. The Morgan fingerprint density at radius 1 is 1.39 bits per heavy atom. The van der Waals surface area contributed by atoms with Crippen LogP contribution in [-0.2, 0) is 6.54 Å². The average molecular weight is 262 g/mol. The van der Waals surface area contributed by atoms with Crippen LogP contribution in [0.4, 0.5) is 5.69 Å². The molecule has 1 heterocycles. The van der Waals surface area contributed by atoms with E-state index in [-0.39, 0.29) is 18.2 Å². The molecule has 0 aliphatic heterocycles. The summed E-state index contributed by atoms with van der Waals surface area (Å²) in [7, 11) is 0. The number of rotatable bonds is 4. The number of anilines is 1. The van der Waals surface area contributed by atoms with Crippen LogP contribution in [0, 0.1) is 0 Å². The van der Waals surface area contributed by atoms with Crippen molar-refractivity contribution in [3.05, 3.63) is 47.9 Å². The number of thioether (sulfide) groups is 1. The zero-order valence-corrected chi connectivity index (χ0v) is 10.8. The van der Waals surface area contributed by atoms with Crippen molar-refractivity contribution >= 4 is 23.4 Å². The lowest BCUT2D eigenvalue weighted by Crippen LogP contribution is -2.10. The van der Waals surface area contributed by atoms with Gasteiger partial charge in [0.25, 0.3) is 5.91 Å². The van der Waals surface area contributed by atoms with Crippen molar-refractivity contribution in [2.45, 2.75) is 11.4 Å². The molecule has 0 unspecified atom stereocenters. The molecule has 0 saturated carbocycles. The van der Waals surface area contributed by atoms with Crippen LogP contribution in [0.3, 0.4) is 0 Å². The predicted molar refractivity (Wildman–Crippen MR) is 72.8 cm³/mol. The van der Waals surface area contributed by atoms with E-state index in [0.717, 1.165) is 10.6 Å². The summed E-state index contributed by atoms with van der Waals surface area (Å²) in [6.45, 7) is 0.287. The Labute approximate surface area is 110 Å². The van der Waals surface area contributed by atoms with E-state index in [1.54, 1.807) is 23.9 Å². The number of nitrogens with two attached hydrogens (primary N) is 1. The number of nitrogens with one attached hydrogen (secondary N) is 1. The zero-order chi connectivity index (χ0) is 13.0. The molecule has 0 bridgehead atoms. The van der Waals surface area contributed by atoms with Crippen molar-refractivity contribution in [3.63, 3.8) is 0 Å². The standard InChI is InChI=1S/C13H14N2O2S/c1-18-11-4-2-3-9(7-11)15-13(16)12-6-5-10(8-14)17-12/h2-7H,8,14H2,1H3,(H,15,16). The second-order valence-electron chi connectivity index (χ2n) is 3.66. The number of benzene rings is 1. The van der Waals surface area contributed by atoms with Gasteiger partial charge in [0.1, 0.15) is 5.76 Å². The highest BCUT2D eigenvalue weighted by Crippen LogP contribution is 2.19. The van der Waals surface area contributed by atoms with Gasteiger partial charge in [-0.25, -0.2) is 0 Å². The van der Waals surface area contributed by atoms with Gasteiger partial charge >= 0.3 is 0 Å². The maximum absolute atomic E-state index is 11.9. The van der Waals surface area contributed by atoms with Gasteiger partial charge in [0.2, 0.25) is 0 Å². The van der Waals surface area contributed by atoms with E-state index in [0.29, 0.717) is 5.76 Å². The topological polar surface area (TPSA) is 68.3 Å². The Morgan fingerprint density at radius 2 is 2.22 bits per heavy atom. The van der Waals surface area contributed by atoms with E-state index >= 15 is 0 Å². The molecule has 5 heteroatoms. The van der Waals surface area contributed by atoms with Gasteiger partial charge in [0.15, 0.2) is 5.76 Å². The number of carbonyl (C=O) groups is 1. The highest BCUT2D eigenvalue weighted by molar-refractivity contribution is 7.98. The van der Waals surface area contributed by atoms with Gasteiger partial charge in [-0.2, -0.15) is 0 Å². The van der Waals surface area contributed by atoms with Crippen LogP contribution in [0.5, 0.6) is 0 Å². The molecule has 0 radical (unpaired) electrons. The van der Waals surface area contributed by atoms with Gasteiger partial charge in [-0.3, -0.25) is 4.79 Å². The summed E-state index contributed by atoms with van der Waals surface area (Å²) in [5.74, 6) is 0.593. The Bertz CT molecular complexity index is 551. The largest absolute Gasteiger partial charge is 0.455 e. The van der Waals surface area contributed by atoms with E-state index in [1.165, 1.54) is 0 Å². The molecule has 0 aliphatic rings. The fourth-order valence-corrected chi connectivity index (χ4v) is 1.96. The summed E-state index contributed by atoms with van der Waals surface area (Å²) in [5.41, 5.74) is 6.17. The first-order valence-corrected chi connectivity index (χ1v) is 6.69. The van der Waals surface area contributed by atoms with Gasteiger partial charge in [0.05, 0.1) is 6.54 Å². The fraction of sp³-hybridized carbons (Fsp3) is 0.154. The summed E-state index contributed by atoms with van der Waals surface area (Å²) in [4.78, 5) is 13.0. The van der Waals surface area contributed by atoms with Crippen LogP contribution in [0.2, 0.25) is 0 Å². The minimum atomic E-state index is -0.270. The number of hydrogen-bond donors (Lipinski definition) is 2. The first-order chi connectivity index (χ1) is 8.72. The van der Waals surface area contributed by atoms with Gasteiger partial charge < -0.3 is 15.5 Å². The van der Waals surface area contributed by atoms with E-state index in [2.05, 4.69) is 5.32 Å². The monoisotopic (exact) mass is 262 g/mol. The molecule has 3 N–H and O–H groups in total. The Kier molecular flexibility index (Phi) is 4.07. The fourth-order valence-electron chi connectivity index (χ4n) is 1.50. The normalized spacial score (nSPS) is 10.3. The van der Waals surface area contributed by atoms with Crippen molar-refractivity contribution in [1.29, 1.82) is 0 Å². The highest BCUT2D eigenvalue weighted by atomic mass is 32.2. The smallest absolute Gasteiger partial charge is 0.291 e. The van der Waals surface area contributed by atoms with Crippen LogP contribution in [0.25, 0.3) is 0 Å². The minimum Gasteiger partial charge on any atom is -0.455 e. The molecular weight excluding hydrogens is 248 g/mol. The van der Waals surface area contributed by atoms with Crippen LogP contribution in [0.15, 0.2) is 45.7 Å². The Morgan fingerprint density at radius 3 is 2.89 bits per heavy atom. The second kappa shape index (κ2) is 5.75. The first-order valence-electron chi connectivity index (χ1n) is 5.47. The number of carbonyl (C=O) groups excluding carboxylic acids is 1. The number of amides is 1. The molecule has 1 aromatic heterocycles. The van der Waals surface area contributed by atoms with E-state index < -0.39 is 0 Å². The van der Waals surface area contributed by atoms with E-state index in [1.807, 2.05) is 30.5 Å².